The van der Waals surface area contributed by atoms with Gasteiger partial charge in [-0.15, -0.1) is 0 Å². The zero-order valence-corrected chi connectivity index (χ0v) is 9.34. The summed E-state index contributed by atoms with van der Waals surface area (Å²) < 4.78 is 5.19. The van der Waals surface area contributed by atoms with Crippen LogP contribution in [0.4, 0.5) is 0 Å². The van der Waals surface area contributed by atoms with Gasteiger partial charge in [0.25, 0.3) is 0 Å². The van der Waals surface area contributed by atoms with Crippen molar-refractivity contribution < 1.29 is 9.53 Å². The summed E-state index contributed by atoms with van der Waals surface area (Å²) in [7, 11) is 0. The van der Waals surface area contributed by atoms with E-state index in [2.05, 4.69) is 12.2 Å². The molecule has 86 valence electrons. The Morgan fingerprint density at radius 2 is 2.00 bits per heavy atom. The monoisotopic (exact) mass is 212 g/mol. The third-order valence-electron chi connectivity index (χ3n) is 3.63. The average Bonchev–Trinajstić information content (AvgIpc) is 2.76. The number of carbonyl (C=O) groups is 1. The van der Waals surface area contributed by atoms with Crippen LogP contribution in [-0.2, 0) is 9.53 Å². The molecular formula is C11H20N2O2. The molecule has 0 aromatic rings. The van der Waals surface area contributed by atoms with Gasteiger partial charge in [0.15, 0.2) is 0 Å². The Bertz CT molecular complexity index is 253. The smallest absolute Gasteiger partial charge is 0.242 e. The van der Waals surface area contributed by atoms with Crippen molar-refractivity contribution in [2.45, 2.75) is 50.1 Å². The lowest BCUT2D eigenvalue weighted by molar-refractivity contribution is -0.128. The molecule has 1 unspecified atom stereocenters. The first-order chi connectivity index (χ1) is 7.04. The molecule has 15 heavy (non-hydrogen) atoms. The highest BCUT2D eigenvalue weighted by atomic mass is 16.5. The Balaban J connectivity index is 1.96. The van der Waals surface area contributed by atoms with E-state index < -0.39 is 5.54 Å². The molecule has 3 N–H and O–H groups in total. The van der Waals surface area contributed by atoms with E-state index in [0.29, 0.717) is 19.6 Å². The van der Waals surface area contributed by atoms with Crippen LogP contribution >= 0.6 is 0 Å². The van der Waals surface area contributed by atoms with Crippen LogP contribution in [0.5, 0.6) is 0 Å². The first-order valence-corrected chi connectivity index (χ1v) is 5.73. The molecule has 2 aliphatic rings. The first kappa shape index (κ1) is 10.9. The van der Waals surface area contributed by atoms with Gasteiger partial charge < -0.3 is 15.8 Å². The number of amides is 1. The van der Waals surface area contributed by atoms with Crippen LogP contribution in [0.25, 0.3) is 0 Å². The first-order valence-electron chi connectivity index (χ1n) is 5.73. The highest BCUT2D eigenvalue weighted by Crippen LogP contribution is 2.29. The molecule has 4 heteroatoms. The summed E-state index contributed by atoms with van der Waals surface area (Å²) in [5.74, 6) is -0.0376. The lowest BCUT2D eigenvalue weighted by Crippen LogP contribution is -2.59. The summed E-state index contributed by atoms with van der Waals surface area (Å²) in [4.78, 5) is 12.0. The van der Waals surface area contributed by atoms with E-state index in [9.17, 15) is 4.79 Å². The molecule has 1 atom stereocenters. The summed E-state index contributed by atoms with van der Waals surface area (Å²) in [6.45, 7) is 3.06. The number of hydrogen-bond donors (Lipinski definition) is 2. The molecule has 1 saturated carbocycles. The van der Waals surface area contributed by atoms with Crippen molar-refractivity contribution in [2.75, 3.05) is 13.2 Å². The van der Waals surface area contributed by atoms with E-state index in [-0.39, 0.29) is 11.4 Å². The molecule has 1 aliphatic heterocycles. The van der Waals surface area contributed by atoms with Gasteiger partial charge in [0.1, 0.15) is 5.54 Å². The highest BCUT2D eigenvalue weighted by Gasteiger charge is 2.41. The van der Waals surface area contributed by atoms with E-state index in [1.54, 1.807) is 0 Å². The summed E-state index contributed by atoms with van der Waals surface area (Å²) in [5, 5.41) is 3.09. The van der Waals surface area contributed by atoms with Crippen LogP contribution in [0.15, 0.2) is 0 Å². The molecule has 1 aliphatic carbocycles. The maximum absolute atomic E-state index is 12.0. The maximum atomic E-state index is 12.0. The second kappa shape index (κ2) is 3.76. The van der Waals surface area contributed by atoms with Gasteiger partial charge in [0, 0.05) is 12.1 Å². The molecule has 0 spiro atoms. The minimum absolute atomic E-state index is 0.0357. The molecular weight excluding hydrogens is 192 g/mol. The van der Waals surface area contributed by atoms with Crippen LogP contribution in [-0.4, -0.2) is 30.2 Å². The molecule has 0 aromatic carbocycles. The van der Waals surface area contributed by atoms with Gasteiger partial charge in [-0.25, -0.2) is 0 Å². The van der Waals surface area contributed by atoms with Crippen molar-refractivity contribution >= 4 is 5.91 Å². The molecule has 1 amide bonds. The number of hydrogen-bond acceptors (Lipinski definition) is 3. The quantitative estimate of drug-likeness (QED) is 0.702. The maximum Gasteiger partial charge on any atom is 0.242 e. The van der Waals surface area contributed by atoms with Crippen LogP contribution in [0.1, 0.15) is 39.0 Å². The van der Waals surface area contributed by atoms with Gasteiger partial charge in [-0.3, -0.25) is 4.79 Å². The molecule has 0 aromatic heterocycles. The second-order valence-electron chi connectivity index (χ2n) is 5.18. The molecule has 0 bridgehead atoms. The number of rotatable bonds is 2. The van der Waals surface area contributed by atoms with Crippen LogP contribution in [0, 0.1) is 0 Å². The topological polar surface area (TPSA) is 64.4 Å². The van der Waals surface area contributed by atoms with Gasteiger partial charge in [0.05, 0.1) is 6.61 Å². The molecule has 2 fully saturated rings. The highest BCUT2D eigenvalue weighted by molar-refractivity contribution is 5.87. The summed E-state index contributed by atoms with van der Waals surface area (Å²) in [6.07, 6.45) is 5.16. The van der Waals surface area contributed by atoms with Crippen molar-refractivity contribution in [3.63, 3.8) is 0 Å². The predicted octanol–water partition coefficient (Wildman–Crippen LogP) is 0.553. The largest absolute Gasteiger partial charge is 0.379 e. The Kier molecular flexibility index (Phi) is 2.73. The fourth-order valence-corrected chi connectivity index (χ4v) is 2.44. The SMILES string of the molecule is CC1(NC(=O)C2(N)CCOC2)CCCC1. The van der Waals surface area contributed by atoms with Gasteiger partial charge in [-0.05, 0) is 26.2 Å². The van der Waals surface area contributed by atoms with Gasteiger partial charge in [-0.2, -0.15) is 0 Å². The Labute approximate surface area is 90.5 Å². The van der Waals surface area contributed by atoms with Crippen LogP contribution in [0.2, 0.25) is 0 Å². The van der Waals surface area contributed by atoms with E-state index in [4.69, 9.17) is 10.5 Å². The van der Waals surface area contributed by atoms with Gasteiger partial charge >= 0.3 is 0 Å². The molecule has 2 rings (SSSR count). The number of carbonyl (C=O) groups excluding carboxylic acids is 1. The van der Waals surface area contributed by atoms with Gasteiger partial charge in [0.2, 0.25) is 5.91 Å². The van der Waals surface area contributed by atoms with E-state index >= 15 is 0 Å². The number of nitrogens with two attached hydrogens (primary N) is 1. The normalized spacial score (nSPS) is 34.3. The van der Waals surface area contributed by atoms with Crippen LogP contribution in [0.3, 0.4) is 0 Å². The summed E-state index contributed by atoms with van der Waals surface area (Å²) in [6, 6.07) is 0. The van der Waals surface area contributed by atoms with Crippen molar-refractivity contribution in [1.29, 1.82) is 0 Å². The second-order valence-corrected chi connectivity index (χ2v) is 5.18. The van der Waals surface area contributed by atoms with E-state index in [1.165, 1.54) is 12.8 Å². The summed E-state index contributed by atoms with van der Waals surface area (Å²) >= 11 is 0. The zero-order valence-electron chi connectivity index (χ0n) is 9.34. The van der Waals surface area contributed by atoms with Crippen molar-refractivity contribution in [3.8, 4) is 0 Å². The molecule has 1 heterocycles. The number of ether oxygens (including phenoxy) is 1. The molecule has 4 nitrogen and oxygen atoms in total. The molecule has 0 radical (unpaired) electrons. The minimum Gasteiger partial charge on any atom is -0.379 e. The van der Waals surface area contributed by atoms with Gasteiger partial charge in [-0.1, -0.05) is 12.8 Å². The standard InChI is InChI=1S/C11H20N2O2/c1-10(4-2-3-5-10)13-9(14)11(12)6-7-15-8-11/h2-8,12H2,1H3,(H,13,14). The summed E-state index contributed by atoms with van der Waals surface area (Å²) in [5.41, 5.74) is 5.18. The van der Waals surface area contributed by atoms with Crippen LogP contribution < -0.4 is 11.1 Å². The average molecular weight is 212 g/mol. The van der Waals surface area contributed by atoms with E-state index in [0.717, 1.165) is 12.8 Å². The third-order valence-corrected chi connectivity index (χ3v) is 3.63. The molecule has 1 saturated heterocycles. The Morgan fingerprint density at radius 1 is 1.33 bits per heavy atom. The third kappa shape index (κ3) is 2.16. The van der Waals surface area contributed by atoms with E-state index in [1.807, 2.05) is 0 Å². The lowest BCUT2D eigenvalue weighted by Gasteiger charge is -2.30. The Hall–Kier alpha value is -0.610. The number of nitrogens with one attached hydrogen (secondary N) is 1. The predicted molar refractivity (Wildman–Crippen MR) is 57.4 cm³/mol. The fourth-order valence-electron chi connectivity index (χ4n) is 2.44. The van der Waals surface area contributed by atoms with Crippen molar-refractivity contribution in [3.05, 3.63) is 0 Å². The Morgan fingerprint density at radius 3 is 2.53 bits per heavy atom. The minimum atomic E-state index is -0.786. The van der Waals surface area contributed by atoms with Crippen molar-refractivity contribution in [2.24, 2.45) is 5.73 Å². The van der Waals surface area contributed by atoms with Crippen molar-refractivity contribution in [1.82, 2.24) is 5.32 Å². The fraction of sp³-hybridized carbons (Fsp3) is 0.909. The lowest BCUT2D eigenvalue weighted by atomic mass is 9.94. The zero-order chi connectivity index (χ0) is 10.9.